The molecule has 0 bridgehead atoms. The Kier molecular flexibility index (Phi) is 5.73. The zero-order valence-corrected chi connectivity index (χ0v) is 12.5. The molecular weight excluding hydrogens is 358 g/mol. The Hall–Kier alpha value is -1.38. The number of aliphatic carboxylic acids is 1. The van der Waals surface area contributed by atoms with Gasteiger partial charge in [-0.15, -0.1) is 0 Å². The minimum atomic E-state index is -1.48. The van der Waals surface area contributed by atoms with Crippen molar-refractivity contribution in [2.24, 2.45) is 0 Å². The summed E-state index contributed by atoms with van der Waals surface area (Å²) < 4.78 is 13.2. The first-order chi connectivity index (χ1) is 9.22. The van der Waals surface area contributed by atoms with E-state index in [2.05, 4.69) is 26.6 Å². The van der Waals surface area contributed by atoms with E-state index in [0.717, 1.165) is 12.1 Å². The number of aliphatic hydroxyl groups is 1. The van der Waals surface area contributed by atoms with Crippen LogP contribution in [0, 0.1) is 5.82 Å². The van der Waals surface area contributed by atoms with Gasteiger partial charge in [-0.3, -0.25) is 0 Å². The van der Waals surface area contributed by atoms with Gasteiger partial charge in [0.15, 0.2) is 6.04 Å². The lowest BCUT2D eigenvalue weighted by molar-refractivity contribution is -0.141. The highest BCUT2D eigenvalue weighted by Gasteiger charge is 2.25. The molecule has 9 heteroatoms. The number of hydrogen-bond acceptors (Lipinski definition) is 3. The highest BCUT2D eigenvalue weighted by molar-refractivity contribution is 9.10. The number of rotatable bonds is 4. The topological polar surface area (TPSA) is 98.7 Å². The second-order valence-corrected chi connectivity index (χ2v) is 5.16. The fourth-order valence-electron chi connectivity index (χ4n) is 1.34. The molecule has 0 saturated heterocycles. The monoisotopic (exact) mass is 368 g/mol. The van der Waals surface area contributed by atoms with Gasteiger partial charge < -0.3 is 20.8 Å². The largest absolute Gasteiger partial charge is 0.480 e. The molecule has 1 rings (SSSR count). The molecule has 2 amide bonds. The number of halogens is 3. The molecule has 0 radical (unpaired) electrons. The molecular formula is C11H11BrClFN2O4. The minimum absolute atomic E-state index is 0.0593. The van der Waals surface area contributed by atoms with E-state index in [1.165, 1.54) is 6.92 Å². The predicted molar refractivity (Wildman–Crippen MR) is 74.4 cm³/mol. The van der Waals surface area contributed by atoms with Crippen LogP contribution in [0.3, 0.4) is 0 Å². The summed E-state index contributed by atoms with van der Waals surface area (Å²) in [7, 11) is 0. The van der Waals surface area contributed by atoms with Crippen molar-refractivity contribution in [3.05, 3.63) is 27.4 Å². The lowest BCUT2D eigenvalue weighted by Crippen LogP contribution is -2.49. The molecule has 1 aromatic rings. The van der Waals surface area contributed by atoms with Crippen molar-refractivity contribution < 1.29 is 24.2 Å². The number of carbonyl (C=O) groups excluding carboxylic acids is 1. The van der Waals surface area contributed by atoms with E-state index >= 15 is 0 Å². The lowest BCUT2D eigenvalue weighted by atomic mass is 10.2. The summed E-state index contributed by atoms with van der Waals surface area (Å²) in [5.41, 5.74) is 0.0836. The van der Waals surface area contributed by atoms with Crippen LogP contribution in [0.15, 0.2) is 16.6 Å². The second-order valence-electron chi connectivity index (χ2n) is 3.90. The van der Waals surface area contributed by atoms with Crippen LogP contribution in [0.1, 0.15) is 6.92 Å². The van der Waals surface area contributed by atoms with Crippen molar-refractivity contribution in [2.75, 3.05) is 5.32 Å². The van der Waals surface area contributed by atoms with Gasteiger partial charge in [-0.05, 0) is 35.0 Å². The molecule has 0 saturated carbocycles. The molecule has 0 aliphatic rings. The third-order valence-electron chi connectivity index (χ3n) is 2.28. The van der Waals surface area contributed by atoms with Crippen LogP contribution in [0.25, 0.3) is 0 Å². The highest BCUT2D eigenvalue weighted by Crippen LogP contribution is 2.31. The van der Waals surface area contributed by atoms with Crippen molar-refractivity contribution in [1.29, 1.82) is 0 Å². The number of benzene rings is 1. The standard InChI is InChI=1S/C11H11BrClFN2O4/c1-4(17)8(10(18)19)15-11(20)16-9-6(12)2-5(14)3-7(9)13/h2-4,8,17H,1H3,(H,18,19)(H2,15,16,20)/t4-,8+/m1/s1. The molecule has 20 heavy (non-hydrogen) atoms. The summed E-state index contributed by atoms with van der Waals surface area (Å²) in [6.45, 7) is 1.22. The fourth-order valence-corrected chi connectivity index (χ4v) is 2.24. The molecule has 0 aromatic heterocycles. The Balaban J connectivity index is 2.84. The summed E-state index contributed by atoms with van der Waals surface area (Å²) in [6.07, 6.45) is -1.29. The van der Waals surface area contributed by atoms with Crippen LogP contribution in [-0.4, -0.2) is 34.4 Å². The fraction of sp³-hybridized carbons (Fsp3) is 0.273. The van der Waals surface area contributed by atoms with Crippen molar-refractivity contribution in [1.82, 2.24) is 5.32 Å². The number of carboxylic acid groups (broad SMARTS) is 1. The lowest BCUT2D eigenvalue weighted by Gasteiger charge is -2.18. The summed E-state index contributed by atoms with van der Waals surface area (Å²) in [5, 5.41) is 22.3. The maximum absolute atomic E-state index is 13.0. The molecule has 0 aliphatic heterocycles. The van der Waals surface area contributed by atoms with Crippen molar-refractivity contribution in [2.45, 2.75) is 19.1 Å². The number of carbonyl (C=O) groups is 2. The van der Waals surface area contributed by atoms with Crippen LogP contribution in [0.5, 0.6) is 0 Å². The maximum Gasteiger partial charge on any atom is 0.328 e. The van der Waals surface area contributed by atoms with Gasteiger partial charge >= 0.3 is 12.0 Å². The Labute approximate surface area is 127 Å². The third-order valence-corrected chi connectivity index (χ3v) is 3.20. The van der Waals surface area contributed by atoms with Crippen LogP contribution in [0.2, 0.25) is 5.02 Å². The predicted octanol–water partition coefficient (Wildman–Crippen LogP) is 2.20. The van der Waals surface area contributed by atoms with E-state index in [1.54, 1.807) is 0 Å². The van der Waals surface area contributed by atoms with Gasteiger partial charge in [0.2, 0.25) is 0 Å². The van der Waals surface area contributed by atoms with Crippen molar-refractivity contribution >= 4 is 45.2 Å². The zero-order valence-electron chi connectivity index (χ0n) is 10.2. The Morgan fingerprint density at radius 2 is 2.05 bits per heavy atom. The molecule has 0 spiro atoms. The molecule has 6 nitrogen and oxygen atoms in total. The number of anilines is 1. The molecule has 0 heterocycles. The summed E-state index contributed by atoms with van der Waals surface area (Å²) in [5.74, 6) is -1.99. The van der Waals surface area contributed by atoms with E-state index in [-0.39, 0.29) is 15.2 Å². The van der Waals surface area contributed by atoms with Gasteiger partial charge in [-0.2, -0.15) is 0 Å². The molecule has 0 fully saturated rings. The Morgan fingerprint density at radius 1 is 1.45 bits per heavy atom. The molecule has 1 aromatic carbocycles. The molecule has 2 atom stereocenters. The normalized spacial score (nSPS) is 13.4. The number of amides is 2. The first kappa shape index (κ1) is 16.7. The van der Waals surface area contributed by atoms with Gasteiger partial charge in [0.1, 0.15) is 5.82 Å². The molecule has 110 valence electrons. The van der Waals surface area contributed by atoms with Gasteiger partial charge in [0.05, 0.1) is 16.8 Å². The van der Waals surface area contributed by atoms with Gasteiger partial charge in [-0.25, -0.2) is 14.0 Å². The minimum Gasteiger partial charge on any atom is -0.480 e. The van der Waals surface area contributed by atoms with E-state index < -0.39 is 30.0 Å². The molecule has 0 unspecified atom stereocenters. The van der Waals surface area contributed by atoms with Crippen molar-refractivity contribution in [3.8, 4) is 0 Å². The number of aliphatic hydroxyl groups excluding tert-OH is 1. The summed E-state index contributed by atoms with van der Waals surface area (Å²) in [4.78, 5) is 22.5. The number of urea groups is 1. The van der Waals surface area contributed by atoms with Crippen molar-refractivity contribution in [3.63, 3.8) is 0 Å². The maximum atomic E-state index is 13.0. The SMILES string of the molecule is C[C@@H](O)[C@H](NC(=O)Nc1c(Cl)cc(F)cc1Br)C(=O)O. The first-order valence-electron chi connectivity index (χ1n) is 5.35. The average molecular weight is 370 g/mol. The van der Waals surface area contributed by atoms with Crippen LogP contribution < -0.4 is 10.6 Å². The molecule has 4 N–H and O–H groups in total. The highest BCUT2D eigenvalue weighted by atomic mass is 79.9. The zero-order chi connectivity index (χ0) is 15.4. The van der Waals surface area contributed by atoms with E-state index in [4.69, 9.17) is 16.7 Å². The Bertz CT molecular complexity index is 518. The van der Waals surface area contributed by atoms with Gasteiger partial charge in [0.25, 0.3) is 0 Å². The van der Waals surface area contributed by atoms with Gasteiger partial charge in [-0.1, -0.05) is 11.6 Å². The average Bonchev–Trinajstić information content (AvgIpc) is 2.29. The number of carboxylic acids is 1. The van der Waals surface area contributed by atoms with E-state index in [0.29, 0.717) is 0 Å². The van der Waals surface area contributed by atoms with E-state index in [9.17, 15) is 19.1 Å². The quantitative estimate of drug-likeness (QED) is 0.654. The second kappa shape index (κ2) is 6.87. The van der Waals surface area contributed by atoms with Crippen LogP contribution in [-0.2, 0) is 4.79 Å². The van der Waals surface area contributed by atoms with E-state index in [1.807, 2.05) is 0 Å². The van der Waals surface area contributed by atoms with Gasteiger partial charge in [0, 0.05) is 4.47 Å². The summed E-state index contributed by atoms with van der Waals surface area (Å²) in [6, 6.07) is -0.295. The number of hydrogen-bond donors (Lipinski definition) is 4. The third kappa shape index (κ3) is 4.32. The smallest absolute Gasteiger partial charge is 0.328 e. The first-order valence-corrected chi connectivity index (χ1v) is 6.52. The number of nitrogens with one attached hydrogen (secondary N) is 2. The summed E-state index contributed by atoms with van der Waals surface area (Å²) >= 11 is 8.78. The molecule has 0 aliphatic carbocycles. The Morgan fingerprint density at radius 3 is 2.50 bits per heavy atom. The van der Waals surface area contributed by atoms with Crippen LogP contribution in [0.4, 0.5) is 14.9 Å². The van der Waals surface area contributed by atoms with Crippen LogP contribution >= 0.6 is 27.5 Å².